The van der Waals surface area contributed by atoms with Gasteiger partial charge in [-0.2, -0.15) is 0 Å². The molecule has 0 spiro atoms. The lowest BCUT2D eigenvalue weighted by atomic mass is 10.1. The summed E-state index contributed by atoms with van der Waals surface area (Å²) in [6.45, 7) is 1.72. The molecule has 0 unspecified atom stereocenters. The Hall–Kier alpha value is -1.04. The van der Waals surface area contributed by atoms with E-state index < -0.39 is 6.10 Å². The summed E-state index contributed by atoms with van der Waals surface area (Å²) in [7, 11) is 1.62. The van der Waals surface area contributed by atoms with Crippen molar-refractivity contribution >= 4 is 31.9 Å². The van der Waals surface area contributed by atoms with E-state index in [-0.39, 0.29) is 0 Å². The maximum Gasteiger partial charge on any atom is 0.141 e. The lowest BCUT2D eigenvalue weighted by Crippen LogP contribution is -1.93. The molecule has 5 heteroatoms. The highest BCUT2D eigenvalue weighted by molar-refractivity contribution is 9.11. The van der Waals surface area contributed by atoms with Crippen LogP contribution in [0.5, 0.6) is 17.2 Å². The molecule has 0 fully saturated rings. The van der Waals surface area contributed by atoms with Crippen LogP contribution < -0.4 is 9.47 Å². The quantitative estimate of drug-likeness (QED) is 0.777. The topological polar surface area (TPSA) is 38.7 Å². The highest BCUT2D eigenvalue weighted by Gasteiger charge is 2.09. The largest absolute Gasteiger partial charge is 0.497 e. The van der Waals surface area contributed by atoms with Crippen molar-refractivity contribution in [2.24, 2.45) is 0 Å². The summed E-state index contributed by atoms with van der Waals surface area (Å²) in [6, 6.07) is 11.0. The number of methoxy groups -OCH3 is 1. The fraction of sp³-hybridized carbons (Fsp3) is 0.200. The second-order valence-electron chi connectivity index (χ2n) is 4.26. The van der Waals surface area contributed by atoms with E-state index in [2.05, 4.69) is 31.9 Å². The van der Waals surface area contributed by atoms with Gasteiger partial charge in [-0.25, -0.2) is 0 Å². The van der Waals surface area contributed by atoms with Crippen molar-refractivity contribution < 1.29 is 14.6 Å². The van der Waals surface area contributed by atoms with E-state index in [1.54, 1.807) is 14.0 Å². The molecule has 0 aliphatic carbocycles. The zero-order chi connectivity index (χ0) is 14.7. The van der Waals surface area contributed by atoms with E-state index in [4.69, 9.17) is 9.47 Å². The van der Waals surface area contributed by atoms with Gasteiger partial charge in [-0.3, -0.25) is 0 Å². The minimum atomic E-state index is -0.506. The number of benzene rings is 2. The fourth-order valence-corrected chi connectivity index (χ4v) is 2.59. The number of hydrogen-bond acceptors (Lipinski definition) is 3. The van der Waals surface area contributed by atoms with Gasteiger partial charge in [-0.1, -0.05) is 6.07 Å². The third-order valence-electron chi connectivity index (χ3n) is 2.80. The number of rotatable bonds is 4. The van der Waals surface area contributed by atoms with Gasteiger partial charge in [0.1, 0.15) is 17.2 Å². The van der Waals surface area contributed by atoms with Gasteiger partial charge in [0, 0.05) is 0 Å². The normalized spacial score (nSPS) is 12.1. The highest BCUT2D eigenvalue weighted by atomic mass is 79.9. The van der Waals surface area contributed by atoms with Crippen molar-refractivity contribution in [3.63, 3.8) is 0 Å². The van der Waals surface area contributed by atoms with Gasteiger partial charge in [0.25, 0.3) is 0 Å². The van der Waals surface area contributed by atoms with Crippen molar-refractivity contribution in [3.05, 3.63) is 50.9 Å². The maximum absolute atomic E-state index is 9.55. The van der Waals surface area contributed by atoms with E-state index in [1.807, 2.05) is 36.4 Å². The Morgan fingerprint density at radius 3 is 2.10 bits per heavy atom. The van der Waals surface area contributed by atoms with Crippen LogP contribution >= 0.6 is 31.9 Å². The minimum Gasteiger partial charge on any atom is -0.497 e. The van der Waals surface area contributed by atoms with Gasteiger partial charge in [-0.05, 0) is 74.7 Å². The molecular weight excluding hydrogens is 388 g/mol. The summed E-state index contributed by atoms with van der Waals surface area (Å²) in [5.74, 6) is 2.13. The Bertz CT molecular complexity index is 612. The molecule has 2 aromatic carbocycles. The Labute approximate surface area is 134 Å². The molecule has 1 atom stereocenters. The lowest BCUT2D eigenvalue weighted by molar-refractivity contribution is 0.199. The first-order valence-electron chi connectivity index (χ1n) is 6.00. The van der Waals surface area contributed by atoms with Crippen LogP contribution in [0.1, 0.15) is 18.6 Å². The molecule has 0 saturated carbocycles. The summed E-state index contributed by atoms with van der Waals surface area (Å²) < 4.78 is 12.6. The number of aliphatic hydroxyl groups excluding tert-OH is 1. The molecule has 0 saturated heterocycles. The third kappa shape index (κ3) is 3.53. The summed E-state index contributed by atoms with van der Waals surface area (Å²) in [5.41, 5.74) is 0.832. The van der Waals surface area contributed by atoms with Crippen molar-refractivity contribution in [1.82, 2.24) is 0 Å². The Morgan fingerprint density at radius 1 is 1.00 bits per heavy atom. The molecule has 2 aromatic rings. The van der Waals surface area contributed by atoms with Crippen molar-refractivity contribution in [3.8, 4) is 17.2 Å². The first-order chi connectivity index (χ1) is 9.51. The molecule has 0 aliphatic rings. The Morgan fingerprint density at radius 2 is 1.60 bits per heavy atom. The maximum atomic E-state index is 9.55. The average molecular weight is 402 g/mol. The van der Waals surface area contributed by atoms with Gasteiger partial charge in [0.15, 0.2) is 0 Å². The third-order valence-corrected chi connectivity index (χ3v) is 4.04. The van der Waals surface area contributed by atoms with Crippen LogP contribution in [0.15, 0.2) is 45.3 Å². The van der Waals surface area contributed by atoms with Gasteiger partial charge >= 0.3 is 0 Å². The molecule has 106 valence electrons. The van der Waals surface area contributed by atoms with Gasteiger partial charge in [0.2, 0.25) is 0 Å². The number of ether oxygens (including phenoxy) is 2. The lowest BCUT2D eigenvalue weighted by Gasteiger charge is -2.12. The SMILES string of the molecule is COc1ccc(Oc2ccc([C@H](C)O)cc2Br)c(Br)c1. The molecule has 0 radical (unpaired) electrons. The fourth-order valence-electron chi connectivity index (χ4n) is 1.67. The smallest absolute Gasteiger partial charge is 0.141 e. The van der Waals surface area contributed by atoms with Crippen LogP contribution in [0.25, 0.3) is 0 Å². The van der Waals surface area contributed by atoms with E-state index in [0.29, 0.717) is 11.5 Å². The molecular formula is C15H14Br2O3. The second kappa shape index (κ2) is 6.61. The molecule has 2 rings (SSSR count). The molecule has 3 nitrogen and oxygen atoms in total. The predicted octanol–water partition coefficient (Wildman–Crippen LogP) is 5.07. The van der Waals surface area contributed by atoms with Crippen LogP contribution in [0, 0.1) is 0 Å². The summed E-state index contributed by atoms with van der Waals surface area (Å²) >= 11 is 6.90. The number of aliphatic hydroxyl groups is 1. The van der Waals surface area contributed by atoms with Crippen LogP contribution in [0.4, 0.5) is 0 Å². The number of hydrogen-bond donors (Lipinski definition) is 1. The van der Waals surface area contributed by atoms with E-state index in [9.17, 15) is 5.11 Å². The Kier molecular flexibility index (Phi) is 5.07. The Balaban J connectivity index is 2.26. The molecule has 0 aromatic heterocycles. The van der Waals surface area contributed by atoms with Crippen LogP contribution in [-0.2, 0) is 0 Å². The van der Waals surface area contributed by atoms with Crippen LogP contribution in [0.2, 0.25) is 0 Å². The first kappa shape index (κ1) is 15.4. The van der Waals surface area contributed by atoms with E-state index >= 15 is 0 Å². The first-order valence-corrected chi connectivity index (χ1v) is 7.58. The highest BCUT2D eigenvalue weighted by Crippen LogP contribution is 2.36. The predicted molar refractivity (Wildman–Crippen MR) is 85.5 cm³/mol. The standard InChI is InChI=1S/C15H14Br2O3/c1-9(18)10-3-5-14(12(16)7-10)20-15-6-4-11(19-2)8-13(15)17/h3-9,18H,1-2H3/t9-/m0/s1. The average Bonchev–Trinajstić information content (AvgIpc) is 2.42. The van der Waals surface area contributed by atoms with Crippen LogP contribution in [-0.4, -0.2) is 12.2 Å². The van der Waals surface area contributed by atoms with Crippen LogP contribution in [0.3, 0.4) is 0 Å². The molecule has 0 aliphatic heterocycles. The summed E-state index contributed by atoms with van der Waals surface area (Å²) in [6.07, 6.45) is -0.506. The minimum absolute atomic E-state index is 0.506. The molecule has 20 heavy (non-hydrogen) atoms. The second-order valence-corrected chi connectivity index (χ2v) is 5.97. The van der Waals surface area contributed by atoms with Gasteiger partial charge < -0.3 is 14.6 Å². The van der Waals surface area contributed by atoms with Crippen molar-refractivity contribution in [1.29, 1.82) is 0 Å². The van der Waals surface area contributed by atoms with Crippen molar-refractivity contribution in [2.45, 2.75) is 13.0 Å². The molecule has 0 heterocycles. The summed E-state index contributed by atoms with van der Waals surface area (Å²) in [5, 5.41) is 9.55. The summed E-state index contributed by atoms with van der Waals surface area (Å²) in [4.78, 5) is 0. The zero-order valence-electron chi connectivity index (χ0n) is 11.1. The van der Waals surface area contributed by atoms with Crippen molar-refractivity contribution in [2.75, 3.05) is 7.11 Å². The monoisotopic (exact) mass is 400 g/mol. The zero-order valence-corrected chi connectivity index (χ0v) is 14.2. The molecule has 0 bridgehead atoms. The molecule has 1 N–H and O–H groups in total. The molecule has 0 amide bonds. The van der Waals surface area contributed by atoms with E-state index in [1.165, 1.54) is 0 Å². The van der Waals surface area contributed by atoms with Gasteiger partial charge in [0.05, 0.1) is 22.2 Å². The van der Waals surface area contributed by atoms with E-state index in [0.717, 1.165) is 20.3 Å². The number of halogens is 2. The van der Waals surface area contributed by atoms with Gasteiger partial charge in [-0.15, -0.1) is 0 Å².